The third kappa shape index (κ3) is 4.64. The van der Waals surface area contributed by atoms with Gasteiger partial charge in [-0.05, 0) is 36.6 Å². The third-order valence-corrected chi connectivity index (χ3v) is 4.43. The lowest BCUT2D eigenvalue weighted by atomic mass is 10.1. The van der Waals surface area contributed by atoms with Crippen molar-refractivity contribution in [3.05, 3.63) is 58.1 Å². The molecule has 0 bridgehead atoms. The Morgan fingerprint density at radius 3 is 2.68 bits per heavy atom. The summed E-state index contributed by atoms with van der Waals surface area (Å²) in [6.45, 7) is 1.97. The van der Waals surface area contributed by atoms with Gasteiger partial charge in [-0.1, -0.05) is 25.5 Å². The summed E-state index contributed by atoms with van der Waals surface area (Å²) < 4.78 is 5.08. The van der Waals surface area contributed by atoms with E-state index in [0.29, 0.717) is 11.4 Å². The molecule has 1 amide bonds. The van der Waals surface area contributed by atoms with Crippen LogP contribution in [0.2, 0.25) is 0 Å². The van der Waals surface area contributed by atoms with Gasteiger partial charge in [0, 0.05) is 11.8 Å². The Morgan fingerprint density at radius 1 is 1.25 bits per heavy atom. The normalized spacial score (nSPS) is 12.9. The molecule has 0 unspecified atom stereocenters. The van der Waals surface area contributed by atoms with Crippen molar-refractivity contribution < 1.29 is 19.2 Å². The van der Waals surface area contributed by atoms with E-state index in [1.807, 2.05) is 24.3 Å². The number of nitrogens with one attached hydrogen (secondary N) is 1. The van der Waals surface area contributed by atoms with E-state index in [4.69, 9.17) is 4.74 Å². The van der Waals surface area contributed by atoms with Gasteiger partial charge in [0.2, 0.25) is 5.91 Å². The number of ether oxygens (including phenoxy) is 1. The Bertz CT molecular complexity index is 895. The van der Waals surface area contributed by atoms with E-state index in [9.17, 15) is 19.7 Å². The van der Waals surface area contributed by atoms with E-state index in [-0.39, 0.29) is 30.4 Å². The summed E-state index contributed by atoms with van der Waals surface area (Å²) in [5.74, 6) is -0.778. The number of nitro groups is 1. The topological polar surface area (TPSA) is 102 Å². The first kappa shape index (κ1) is 19.3. The molecule has 146 valence electrons. The summed E-state index contributed by atoms with van der Waals surface area (Å²) in [6.07, 6.45) is 3.25. The van der Waals surface area contributed by atoms with E-state index in [1.54, 1.807) is 0 Å². The quantitative estimate of drug-likeness (QED) is 0.341. The average Bonchev–Trinajstić information content (AvgIpc) is 2.66. The summed E-state index contributed by atoms with van der Waals surface area (Å²) in [7, 11) is 0. The molecule has 0 atom stereocenters. The van der Waals surface area contributed by atoms with Crippen LogP contribution in [0.4, 0.5) is 17.1 Å². The van der Waals surface area contributed by atoms with E-state index >= 15 is 0 Å². The van der Waals surface area contributed by atoms with Crippen LogP contribution in [0.25, 0.3) is 0 Å². The van der Waals surface area contributed by atoms with Gasteiger partial charge in [-0.15, -0.1) is 0 Å². The molecule has 1 N–H and O–H groups in total. The smallest absolute Gasteiger partial charge is 0.331 e. The Balaban J connectivity index is 1.67. The molecule has 1 aliphatic heterocycles. The predicted molar refractivity (Wildman–Crippen MR) is 105 cm³/mol. The van der Waals surface area contributed by atoms with Crippen molar-refractivity contribution in [3.8, 4) is 5.75 Å². The predicted octanol–water partition coefficient (Wildman–Crippen LogP) is 3.30. The minimum atomic E-state index is -0.568. The highest BCUT2D eigenvalue weighted by Crippen LogP contribution is 2.35. The van der Waals surface area contributed by atoms with Crippen LogP contribution in [0.3, 0.4) is 0 Å². The fourth-order valence-electron chi connectivity index (χ4n) is 3.01. The monoisotopic (exact) mass is 383 g/mol. The number of benzene rings is 2. The second-order valence-corrected chi connectivity index (χ2v) is 6.59. The van der Waals surface area contributed by atoms with E-state index < -0.39 is 10.9 Å². The number of nitrogens with zero attached hydrogens (tertiary/aromatic N) is 2. The van der Waals surface area contributed by atoms with Gasteiger partial charge in [0.05, 0.1) is 23.2 Å². The Labute approximate surface area is 162 Å². The number of hydrogen-bond acceptors (Lipinski definition) is 6. The number of amides is 1. The molecule has 3 rings (SSSR count). The standard InChI is InChI=1S/C20H21N3O5/c1-2-3-4-14-5-7-15(8-6-14)21-19(24)12-22-13-20(25)28-18-11-16(23(26)27)9-10-17(18)22/h5-11H,2-4,12-13H2,1H3,(H,21,24). The lowest BCUT2D eigenvalue weighted by molar-refractivity contribution is -0.384. The number of carbonyl (C=O) groups is 2. The zero-order valence-electron chi connectivity index (χ0n) is 15.5. The van der Waals surface area contributed by atoms with Crippen LogP contribution in [0.15, 0.2) is 42.5 Å². The van der Waals surface area contributed by atoms with Crippen LogP contribution < -0.4 is 15.0 Å². The van der Waals surface area contributed by atoms with Crippen molar-refractivity contribution in [1.82, 2.24) is 0 Å². The van der Waals surface area contributed by atoms with Crippen molar-refractivity contribution >= 4 is 28.9 Å². The molecular formula is C20H21N3O5. The highest BCUT2D eigenvalue weighted by molar-refractivity contribution is 5.96. The molecule has 0 saturated heterocycles. The van der Waals surface area contributed by atoms with Crippen molar-refractivity contribution in [2.45, 2.75) is 26.2 Å². The molecule has 2 aromatic carbocycles. The van der Waals surface area contributed by atoms with Crippen molar-refractivity contribution in [3.63, 3.8) is 0 Å². The molecule has 1 aliphatic rings. The van der Waals surface area contributed by atoms with Gasteiger partial charge >= 0.3 is 5.97 Å². The van der Waals surface area contributed by atoms with Crippen LogP contribution in [0.1, 0.15) is 25.3 Å². The zero-order valence-corrected chi connectivity index (χ0v) is 15.5. The van der Waals surface area contributed by atoms with E-state index in [2.05, 4.69) is 12.2 Å². The Kier molecular flexibility index (Phi) is 5.88. The average molecular weight is 383 g/mol. The lowest BCUT2D eigenvalue weighted by Crippen LogP contribution is -2.41. The molecule has 8 heteroatoms. The maximum atomic E-state index is 12.4. The highest BCUT2D eigenvalue weighted by atomic mass is 16.6. The summed E-state index contributed by atoms with van der Waals surface area (Å²) in [5, 5.41) is 13.7. The summed E-state index contributed by atoms with van der Waals surface area (Å²) in [6, 6.07) is 11.7. The second kappa shape index (κ2) is 8.51. The second-order valence-electron chi connectivity index (χ2n) is 6.59. The SMILES string of the molecule is CCCCc1ccc(NC(=O)CN2CC(=O)Oc3cc([N+](=O)[O-])ccc32)cc1. The number of fused-ring (bicyclic) bond motifs is 1. The Hall–Kier alpha value is -3.42. The van der Waals surface area contributed by atoms with Gasteiger partial charge < -0.3 is 15.0 Å². The number of rotatable bonds is 7. The summed E-state index contributed by atoms with van der Waals surface area (Å²) in [4.78, 5) is 36.1. The maximum Gasteiger partial charge on any atom is 0.331 e. The molecule has 0 fully saturated rings. The van der Waals surface area contributed by atoms with Crippen LogP contribution in [-0.4, -0.2) is 29.9 Å². The van der Waals surface area contributed by atoms with E-state index in [0.717, 1.165) is 19.3 Å². The number of unbranched alkanes of at least 4 members (excludes halogenated alkanes) is 1. The number of esters is 1. The zero-order chi connectivity index (χ0) is 20.1. The van der Waals surface area contributed by atoms with Gasteiger partial charge in [-0.2, -0.15) is 0 Å². The number of carbonyl (C=O) groups excluding carboxylic acids is 2. The minimum Gasteiger partial charge on any atom is -0.423 e. The number of anilines is 2. The molecule has 0 aromatic heterocycles. The fraction of sp³-hybridized carbons (Fsp3) is 0.300. The molecule has 8 nitrogen and oxygen atoms in total. The van der Waals surface area contributed by atoms with E-state index in [1.165, 1.54) is 28.7 Å². The molecule has 2 aromatic rings. The van der Waals surface area contributed by atoms with Crippen molar-refractivity contribution in [2.75, 3.05) is 23.3 Å². The molecule has 1 heterocycles. The first-order chi connectivity index (χ1) is 13.5. The number of non-ortho nitro benzene ring substituents is 1. The Morgan fingerprint density at radius 2 is 2.00 bits per heavy atom. The summed E-state index contributed by atoms with van der Waals surface area (Å²) >= 11 is 0. The van der Waals surface area contributed by atoms with Crippen LogP contribution in [-0.2, 0) is 16.0 Å². The van der Waals surface area contributed by atoms with Crippen LogP contribution in [0, 0.1) is 10.1 Å². The molecular weight excluding hydrogens is 362 g/mol. The first-order valence-electron chi connectivity index (χ1n) is 9.09. The maximum absolute atomic E-state index is 12.4. The van der Waals surface area contributed by atoms with Crippen molar-refractivity contribution in [1.29, 1.82) is 0 Å². The van der Waals surface area contributed by atoms with Gasteiger partial charge in [0.15, 0.2) is 5.75 Å². The van der Waals surface area contributed by atoms with Gasteiger partial charge in [-0.3, -0.25) is 14.9 Å². The van der Waals surface area contributed by atoms with Crippen LogP contribution in [0.5, 0.6) is 5.75 Å². The number of hydrogen-bond donors (Lipinski definition) is 1. The van der Waals surface area contributed by atoms with Crippen LogP contribution >= 0.6 is 0 Å². The lowest BCUT2D eigenvalue weighted by Gasteiger charge is -2.28. The number of aryl methyl sites for hydroxylation is 1. The highest BCUT2D eigenvalue weighted by Gasteiger charge is 2.27. The molecule has 0 radical (unpaired) electrons. The fourth-order valence-corrected chi connectivity index (χ4v) is 3.01. The molecule has 0 spiro atoms. The molecule has 0 saturated carbocycles. The molecule has 0 aliphatic carbocycles. The minimum absolute atomic E-state index is 0.0719. The van der Waals surface area contributed by atoms with Gasteiger partial charge in [-0.25, -0.2) is 4.79 Å². The molecule has 28 heavy (non-hydrogen) atoms. The largest absolute Gasteiger partial charge is 0.423 e. The first-order valence-corrected chi connectivity index (χ1v) is 9.09. The van der Waals surface area contributed by atoms with Crippen molar-refractivity contribution in [2.24, 2.45) is 0 Å². The number of nitro benzene ring substituents is 1. The van der Waals surface area contributed by atoms with Gasteiger partial charge in [0.1, 0.15) is 6.54 Å². The summed E-state index contributed by atoms with van der Waals surface area (Å²) in [5.41, 5.74) is 2.18. The third-order valence-electron chi connectivity index (χ3n) is 4.43. The van der Waals surface area contributed by atoms with Gasteiger partial charge in [0.25, 0.3) is 5.69 Å².